The van der Waals surface area contributed by atoms with Gasteiger partial charge in [0.05, 0.1) is 52.9 Å². The van der Waals surface area contributed by atoms with Crippen LogP contribution in [0.15, 0.2) is 0 Å². The van der Waals surface area contributed by atoms with Crippen LogP contribution >= 0.6 is 0 Å². The largest absolute Gasteiger partial charge is 0.379 e. The van der Waals surface area contributed by atoms with Crippen LogP contribution in [0.5, 0.6) is 0 Å². The van der Waals surface area contributed by atoms with Gasteiger partial charge in [-0.3, -0.25) is 4.79 Å². The van der Waals surface area contributed by atoms with E-state index in [1.807, 2.05) is 6.92 Å². The number of ether oxygens (including phenoxy) is 4. The molecule has 7 heteroatoms. The lowest BCUT2D eigenvalue weighted by atomic mass is 10.4. The highest BCUT2D eigenvalue weighted by atomic mass is 16.6. The zero-order chi connectivity index (χ0) is 15.6. The lowest BCUT2D eigenvalue weighted by Crippen LogP contribution is -2.26. The van der Waals surface area contributed by atoms with Crippen molar-refractivity contribution >= 4 is 12.2 Å². The molecule has 0 aliphatic heterocycles. The zero-order valence-corrected chi connectivity index (χ0v) is 12.8. The Kier molecular flexibility index (Phi) is 16.2. The first-order valence-corrected chi connectivity index (χ1v) is 7.32. The molecule has 0 radical (unpaired) electrons. The first-order chi connectivity index (χ1) is 10.3. The fraction of sp³-hybridized carbons (Fsp3) is 0.857. The van der Waals surface area contributed by atoms with Gasteiger partial charge in [0.2, 0.25) is 5.91 Å². The molecule has 0 unspecified atom stereocenters. The number of nitrogens with one attached hydrogen (secondary N) is 1. The maximum atomic E-state index is 10.9. The van der Waals surface area contributed by atoms with Gasteiger partial charge >= 0.3 is 0 Å². The van der Waals surface area contributed by atoms with E-state index in [1.165, 1.54) is 0 Å². The van der Waals surface area contributed by atoms with Crippen LogP contribution in [0.4, 0.5) is 0 Å². The SMILES string of the molecule is CCC(=O)NCCOCCOCCOCCOCCC=O. The minimum Gasteiger partial charge on any atom is -0.379 e. The average Bonchev–Trinajstić information content (AvgIpc) is 2.50. The lowest BCUT2D eigenvalue weighted by molar-refractivity contribution is -0.121. The van der Waals surface area contributed by atoms with E-state index in [0.29, 0.717) is 72.2 Å². The van der Waals surface area contributed by atoms with Gasteiger partial charge in [-0.1, -0.05) is 6.92 Å². The summed E-state index contributed by atoms with van der Waals surface area (Å²) >= 11 is 0. The molecule has 0 atom stereocenters. The van der Waals surface area contributed by atoms with Gasteiger partial charge in [-0.25, -0.2) is 0 Å². The lowest BCUT2D eigenvalue weighted by Gasteiger charge is -2.07. The normalized spacial score (nSPS) is 10.5. The quantitative estimate of drug-likeness (QED) is 0.323. The summed E-state index contributed by atoms with van der Waals surface area (Å²) in [5, 5.41) is 2.72. The van der Waals surface area contributed by atoms with Crippen molar-refractivity contribution in [2.24, 2.45) is 0 Å². The molecular formula is C14H27NO6. The van der Waals surface area contributed by atoms with Crippen molar-refractivity contribution in [2.75, 3.05) is 59.4 Å². The van der Waals surface area contributed by atoms with E-state index in [0.717, 1.165) is 6.29 Å². The first kappa shape index (κ1) is 20.0. The summed E-state index contributed by atoms with van der Waals surface area (Å²) < 4.78 is 21.0. The number of hydrogen-bond donors (Lipinski definition) is 1. The molecule has 0 spiro atoms. The molecule has 1 N–H and O–H groups in total. The Morgan fingerprint density at radius 2 is 1.33 bits per heavy atom. The summed E-state index contributed by atoms with van der Waals surface area (Å²) in [7, 11) is 0. The van der Waals surface area contributed by atoms with Gasteiger partial charge < -0.3 is 29.1 Å². The van der Waals surface area contributed by atoms with Gasteiger partial charge in [0.1, 0.15) is 6.29 Å². The smallest absolute Gasteiger partial charge is 0.219 e. The Bertz CT molecular complexity index is 250. The highest BCUT2D eigenvalue weighted by Crippen LogP contribution is 1.84. The third-order valence-corrected chi connectivity index (χ3v) is 2.39. The van der Waals surface area contributed by atoms with E-state index in [1.54, 1.807) is 0 Å². The molecule has 0 bridgehead atoms. The van der Waals surface area contributed by atoms with Crippen molar-refractivity contribution in [3.8, 4) is 0 Å². The molecule has 0 aromatic heterocycles. The minimum atomic E-state index is 0.0298. The second-order valence-corrected chi connectivity index (χ2v) is 4.11. The van der Waals surface area contributed by atoms with Crippen molar-refractivity contribution in [3.05, 3.63) is 0 Å². The van der Waals surface area contributed by atoms with E-state index in [2.05, 4.69) is 5.32 Å². The van der Waals surface area contributed by atoms with Crippen molar-refractivity contribution in [2.45, 2.75) is 19.8 Å². The van der Waals surface area contributed by atoms with Crippen molar-refractivity contribution < 1.29 is 28.5 Å². The van der Waals surface area contributed by atoms with Crippen LogP contribution in [0.25, 0.3) is 0 Å². The van der Waals surface area contributed by atoms with Crippen molar-refractivity contribution in [3.63, 3.8) is 0 Å². The molecule has 0 aromatic carbocycles. The van der Waals surface area contributed by atoms with Crippen molar-refractivity contribution in [1.82, 2.24) is 5.32 Å². The summed E-state index contributed by atoms with van der Waals surface area (Å²) in [5.74, 6) is 0.0298. The molecule has 0 saturated carbocycles. The Labute approximate surface area is 126 Å². The van der Waals surface area contributed by atoms with Gasteiger partial charge in [-0.05, 0) is 0 Å². The van der Waals surface area contributed by atoms with Crippen LogP contribution in [-0.2, 0) is 28.5 Å². The topological polar surface area (TPSA) is 83.1 Å². The van der Waals surface area contributed by atoms with E-state index >= 15 is 0 Å². The third kappa shape index (κ3) is 16.9. The zero-order valence-electron chi connectivity index (χ0n) is 12.8. The fourth-order valence-corrected chi connectivity index (χ4v) is 1.28. The Hall–Kier alpha value is -1.02. The minimum absolute atomic E-state index is 0.0298. The van der Waals surface area contributed by atoms with Crippen LogP contribution in [0.2, 0.25) is 0 Å². The molecule has 0 aliphatic rings. The van der Waals surface area contributed by atoms with Gasteiger partial charge in [0.25, 0.3) is 0 Å². The molecule has 0 aromatic rings. The molecule has 1 amide bonds. The summed E-state index contributed by atoms with van der Waals surface area (Å²) in [6.45, 7) is 6.26. The van der Waals surface area contributed by atoms with Gasteiger partial charge in [-0.15, -0.1) is 0 Å². The molecule has 0 saturated heterocycles. The number of carbonyl (C=O) groups is 2. The monoisotopic (exact) mass is 305 g/mol. The third-order valence-electron chi connectivity index (χ3n) is 2.39. The summed E-state index contributed by atoms with van der Waals surface area (Å²) in [6.07, 6.45) is 1.74. The van der Waals surface area contributed by atoms with E-state index in [4.69, 9.17) is 18.9 Å². The predicted octanol–water partition coefficient (Wildman–Crippen LogP) is 0.168. The van der Waals surface area contributed by atoms with Gasteiger partial charge in [0, 0.05) is 19.4 Å². The second-order valence-electron chi connectivity index (χ2n) is 4.11. The Morgan fingerprint density at radius 1 is 0.857 bits per heavy atom. The maximum absolute atomic E-state index is 10.9. The highest BCUT2D eigenvalue weighted by Gasteiger charge is 1.95. The Balaban J connectivity index is 2.99. The molecule has 0 heterocycles. The fourth-order valence-electron chi connectivity index (χ4n) is 1.28. The molecule has 0 aliphatic carbocycles. The molecule has 124 valence electrons. The van der Waals surface area contributed by atoms with Crippen LogP contribution < -0.4 is 5.32 Å². The average molecular weight is 305 g/mol. The molecule has 7 nitrogen and oxygen atoms in total. The molecule has 0 rings (SSSR count). The van der Waals surface area contributed by atoms with Crippen LogP contribution in [-0.4, -0.2) is 71.6 Å². The highest BCUT2D eigenvalue weighted by molar-refractivity contribution is 5.75. The number of carbonyl (C=O) groups excluding carboxylic acids is 2. The number of aldehydes is 1. The number of hydrogen-bond acceptors (Lipinski definition) is 6. The van der Waals surface area contributed by atoms with E-state index in [-0.39, 0.29) is 5.91 Å². The van der Waals surface area contributed by atoms with Crippen LogP contribution in [0.1, 0.15) is 19.8 Å². The van der Waals surface area contributed by atoms with E-state index < -0.39 is 0 Å². The predicted molar refractivity (Wildman–Crippen MR) is 77.3 cm³/mol. The van der Waals surface area contributed by atoms with Crippen molar-refractivity contribution in [1.29, 1.82) is 0 Å². The molecular weight excluding hydrogens is 278 g/mol. The first-order valence-electron chi connectivity index (χ1n) is 7.32. The van der Waals surface area contributed by atoms with Crippen LogP contribution in [0, 0.1) is 0 Å². The molecule has 0 fully saturated rings. The standard InChI is InChI=1S/C14H27NO6/c1-2-14(17)15-4-7-19-9-11-21-13-12-20-10-8-18-6-3-5-16/h5H,2-4,6-13H2,1H3,(H,15,17). The van der Waals surface area contributed by atoms with E-state index in [9.17, 15) is 9.59 Å². The second kappa shape index (κ2) is 17.0. The molecule has 21 heavy (non-hydrogen) atoms. The van der Waals surface area contributed by atoms with Gasteiger partial charge in [0.15, 0.2) is 0 Å². The summed E-state index contributed by atoms with van der Waals surface area (Å²) in [5.41, 5.74) is 0. The number of amides is 1. The van der Waals surface area contributed by atoms with Crippen LogP contribution in [0.3, 0.4) is 0 Å². The summed E-state index contributed by atoms with van der Waals surface area (Å²) in [6, 6.07) is 0. The maximum Gasteiger partial charge on any atom is 0.219 e. The van der Waals surface area contributed by atoms with Gasteiger partial charge in [-0.2, -0.15) is 0 Å². The summed E-state index contributed by atoms with van der Waals surface area (Å²) in [4.78, 5) is 20.9. The Morgan fingerprint density at radius 3 is 1.81 bits per heavy atom. The number of rotatable bonds is 16.